The molecular formula is C28H24FN3O4S. The number of ether oxygens (including phenoxy) is 2. The van der Waals surface area contributed by atoms with Crippen LogP contribution in [-0.4, -0.2) is 30.8 Å². The van der Waals surface area contributed by atoms with E-state index in [1.807, 2.05) is 42.5 Å². The molecule has 0 unspecified atom stereocenters. The zero-order valence-electron chi connectivity index (χ0n) is 19.9. The third kappa shape index (κ3) is 5.79. The van der Waals surface area contributed by atoms with Crippen LogP contribution in [0.1, 0.15) is 6.92 Å². The van der Waals surface area contributed by atoms with Crippen molar-refractivity contribution in [1.29, 1.82) is 0 Å². The topological polar surface area (TPSA) is 82.5 Å². The van der Waals surface area contributed by atoms with E-state index in [1.54, 1.807) is 48.1 Å². The number of sulfonamides is 1. The SMILES string of the molecule is C[C@@H](COc1ccc2c(cnn2-c2ccc(F)cc2)c1)NS(=O)(=O)c1ccc(Oc2ccccc2)cc1. The Hall–Kier alpha value is -4.21. The molecule has 5 rings (SSSR count). The molecule has 0 amide bonds. The van der Waals surface area contributed by atoms with E-state index < -0.39 is 16.1 Å². The Morgan fingerprint density at radius 2 is 1.57 bits per heavy atom. The minimum atomic E-state index is -3.74. The lowest BCUT2D eigenvalue weighted by Gasteiger charge is -2.16. The summed E-state index contributed by atoms with van der Waals surface area (Å²) in [5, 5.41) is 5.22. The van der Waals surface area contributed by atoms with Crippen LogP contribution < -0.4 is 14.2 Å². The van der Waals surface area contributed by atoms with Crippen molar-refractivity contribution in [3.05, 3.63) is 109 Å². The summed E-state index contributed by atoms with van der Waals surface area (Å²) in [6, 6.07) is 26.6. The van der Waals surface area contributed by atoms with Crippen LogP contribution in [0.15, 0.2) is 108 Å². The first-order valence-electron chi connectivity index (χ1n) is 11.6. The Morgan fingerprint density at radius 1 is 0.892 bits per heavy atom. The molecule has 4 aromatic carbocycles. The maximum atomic E-state index is 13.2. The second kappa shape index (κ2) is 10.4. The Morgan fingerprint density at radius 3 is 2.30 bits per heavy atom. The molecule has 0 saturated carbocycles. The van der Waals surface area contributed by atoms with Gasteiger partial charge in [0.15, 0.2) is 0 Å². The lowest BCUT2D eigenvalue weighted by atomic mass is 10.2. The lowest BCUT2D eigenvalue weighted by molar-refractivity contribution is 0.288. The third-order valence-corrected chi connectivity index (χ3v) is 7.19. The number of hydrogen-bond donors (Lipinski definition) is 1. The van der Waals surface area contributed by atoms with Gasteiger partial charge in [0.2, 0.25) is 10.0 Å². The molecule has 0 aliphatic rings. The number of nitrogens with one attached hydrogen (secondary N) is 1. The normalized spacial score (nSPS) is 12.4. The first-order valence-corrected chi connectivity index (χ1v) is 13.1. The molecule has 0 fully saturated rings. The predicted octanol–water partition coefficient (Wildman–Crippen LogP) is 5.70. The van der Waals surface area contributed by atoms with Gasteiger partial charge >= 0.3 is 0 Å². The molecule has 0 aliphatic heterocycles. The van der Waals surface area contributed by atoms with Gasteiger partial charge in [-0.05, 0) is 85.8 Å². The zero-order valence-corrected chi connectivity index (χ0v) is 20.7. The van der Waals surface area contributed by atoms with E-state index in [0.717, 1.165) is 16.6 Å². The Kier molecular flexibility index (Phi) is 6.89. The first kappa shape index (κ1) is 24.5. The summed E-state index contributed by atoms with van der Waals surface area (Å²) in [5.74, 6) is 1.48. The Bertz CT molecular complexity index is 1600. The van der Waals surface area contributed by atoms with Crippen LogP contribution in [0.3, 0.4) is 0 Å². The molecule has 0 spiro atoms. The molecular weight excluding hydrogens is 493 g/mol. The first-order chi connectivity index (χ1) is 17.9. The van der Waals surface area contributed by atoms with Crippen molar-refractivity contribution in [3.8, 4) is 22.9 Å². The summed E-state index contributed by atoms with van der Waals surface area (Å²) >= 11 is 0. The minimum absolute atomic E-state index is 0.131. The van der Waals surface area contributed by atoms with Crippen LogP contribution >= 0.6 is 0 Å². The van der Waals surface area contributed by atoms with Crippen molar-refractivity contribution in [2.45, 2.75) is 17.9 Å². The van der Waals surface area contributed by atoms with Gasteiger partial charge in [0.25, 0.3) is 0 Å². The summed E-state index contributed by atoms with van der Waals surface area (Å²) < 4.78 is 54.8. The van der Waals surface area contributed by atoms with E-state index in [9.17, 15) is 12.8 Å². The van der Waals surface area contributed by atoms with Crippen molar-refractivity contribution in [3.63, 3.8) is 0 Å². The van der Waals surface area contributed by atoms with E-state index in [2.05, 4.69) is 9.82 Å². The highest BCUT2D eigenvalue weighted by molar-refractivity contribution is 7.89. The average Bonchev–Trinajstić information content (AvgIpc) is 3.32. The molecule has 1 aromatic heterocycles. The van der Waals surface area contributed by atoms with Crippen LogP contribution in [0.5, 0.6) is 17.2 Å². The molecule has 0 radical (unpaired) electrons. The van der Waals surface area contributed by atoms with Gasteiger partial charge < -0.3 is 9.47 Å². The zero-order chi connectivity index (χ0) is 25.8. The van der Waals surface area contributed by atoms with Gasteiger partial charge in [-0.2, -0.15) is 5.10 Å². The standard InChI is InChI=1S/C28H24FN3O4S/c1-20(31-37(33,34)27-14-11-25(12-15-27)36-24-5-3-2-4-6-24)19-35-26-13-16-28-21(17-26)18-30-32(28)23-9-7-22(29)8-10-23/h2-18,20,31H,19H2,1H3/t20-/m0/s1. The maximum Gasteiger partial charge on any atom is 0.240 e. The smallest absolute Gasteiger partial charge is 0.240 e. The fourth-order valence-electron chi connectivity index (χ4n) is 3.79. The third-order valence-electron chi connectivity index (χ3n) is 5.58. The quantitative estimate of drug-likeness (QED) is 0.271. The molecule has 0 bridgehead atoms. The molecule has 0 aliphatic carbocycles. The van der Waals surface area contributed by atoms with Crippen LogP contribution in [0.25, 0.3) is 16.6 Å². The molecule has 0 saturated heterocycles. The van der Waals surface area contributed by atoms with Crippen molar-refractivity contribution in [2.24, 2.45) is 0 Å². The van der Waals surface area contributed by atoms with Crippen molar-refractivity contribution in [1.82, 2.24) is 14.5 Å². The highest BCUT2D eigenvalue weighted by atomic mass is 32.2. The largest absolute Gasteiger partial charge is 0.492 e. The maximum absolute atomic E-state index is 13.2. The number of benzene rings is 4. The number of halogens is 1. The number of hydrogen-bond acceptors (Lipinski definition) is 5. The molecule has 5 aromatic rings. The summed E-state index contributed by atoms with van der Waals surface area (Å²) in [4.78, 5) is 0.134. The van der Waals surface area contributed by atoms with E-state index in [4.69, 9.17) is 9.47 Å². The lowest BCUT2D eigenvalue weighted by Crippen LogP contribution is -2.36. The minimum Gasteiger partial charge on any atom is -0.492 e. The van der Waals surface area contributed by atoms with Gasteiger partial charge in [-0.1, -0.05) is 18.2 Å². The van der Waals surface area contributed by atoms with Gasteiger partial charge in [0.1, 0.15) is 29.7 Å². The predicted molar refractivity (Wildman–Crippen MR) is 139 cm³/mol. The Balaban J connectivity index is 1.20. The average molecular weight is 518 g/mol. The van der Waals surface area contributed by atoms with E-state index >= 15 is 0 Å². The van der Waals surface area contributed by atoms with Crippen molar-refractivity contribution in [2.75, 3.05) is 6.61 Å². The molecule has 37 heavy (non-hydrogen) atoms. The van der Waals surface area contributed by atoms with Crippen LogP contribution in [-0.2, 0) is 10.0 Å². The fourth-order valence-corrected chi connectivity index (χ4v) is 5.02. The highest BCUT2D eigenvalue weighted by Gasteiger charge is 2.18. The number of para-hydroxylation sites is 1. The van der Waals surface area contributed by atoms with E-state index in [0.29, 0.717) is 17.2 Å². The van der Waals surface area contributed by atoms with Crippen molar-refractivity contribution < 1.29 is 22.3 Å². The van der Waals surface area contributed by atoms with Crippen molar-refractivity contribution >= 4 is 20.9 Å². The molecule has 1 atom stereocenters. The van der Waals surface area contributed by atoms with Crippen LogP contribution in [0.4, 0.5) is 4.39 Å². The molecule has 7 nitrogen and oxygen atoms in total. The van der Waals surface area contributed by atoms with E-state index in [-0.39, 0.29) is 17.3 Å². The monoisotopic (exact) mass is 517 g/mol. The summed E-state index contributed by atoms with van der Waals surface area (Å²) in [7, 11) is -3.74. The number of rotatable bonds is 9. The number of fused-ring (bicyclic) bond motifs is 1. The Labute approximate surface area is 214 Å². The molecule has 1 heterocycles. The van der Waals surface area contributed by atoms with Gasteiger partial charge in [-0.3, -0.25) is 0 Å². The van der Waals surface area contributed by atoms with Gasteiger partial charge in [0.05, 0.1) is 28.3 Å². The van der Waals surface area contributed by atoms with Gasteiger partial charge in [-0.15, -0.1) is 0 Å². The van der Waals surface area contributed by atoms with Gasteiger partial charge in [-0.25, -0.2) is 22.2 Å². The highest BCUT2D eigenvalue weighted by Crippen LogP contribution is 2.25. The number of aromatic nitrogens is 2. The molecule has 9 heteroatoms. The van der Waals surface area contributed by atoms with Crippen LogP contribution in [0, 0.1) is 5.82 Å². The fraction of sp³-hybridized carbons (Fsp3) is 0.107. The van der Waals surface area contributed by atoms with Gasteiger partial charge in [0, 0.05) is 5.39 Å². The number of nitrogens with zero attached hydrogens (tertiary/aromatic N) is 2. The molecule has 1 N–H and O–H groups in total. The second-order valence-electron chi connectivity index (χ2n) is 8.47. The summed E-state index contributed by atoms with van der Waals surface area (Å²) in [6.07, 6.45) is 1.70. The van der Waals surface area contributed by atoms with E-state index in [1.165, 1.54) is 24.3 Å². The second-order valence-corrected chi connectivity index (χ2v) is 10.2. The van der Waals surface area contributed by atoms with Crippen LogP contribution in [0.2, 0.25) is 0 Å². The summed E-state index contributed by atoms with van der Waals surface area (Å²) in [6.45, 7) is 1.86. The molecule has 188 valence electrons. The summed E-state index contributed by atoms with van der Waals surface area (Å²) in [5.41, 5.74) is 1.58.